The van der Waals surface area contributed by atoms with Crippen LogP contribution in [-0.4, -0.2) is 69.1 Å². The molecule has 0 radical (unpaired) electrons. The molecule has 11 nitrogen and oxygen atoms in total. The summed E-state index contributed by atoms with van der Waals surface area (Å²) in [6.45, 7) is 6.98. The molecule has 0 saturated heterocycles. The average molecular weight is 619 g/mol. The summed E-state index contributed by atoms with van der Waals surface area (Å²) in [5.41, 5.74) is 2.16. The van der Waals surface area contributed by atoms with Gasteiger partial charge in [-0.25, -0.2) is 14.4 Å². The van der Waals surface area contributed by atoms with E-state index in [1.54, 1.807) is 48.5 Å². The summed E-state index contributed by atoms with van der Waals surface area (Å²) in [4.78, 5) is 47.1. The van der Waals surface area contributed by atoms with Crippen molar-refractivity contribution in [1.82, 2.24) is 0 Å². The molecule has 0 aliphatic heterocycles. The number of aliphatic hydroxyl groups excluding tert-OH is 1. The lowest BCUT2D eigenvalue weighted by molar-refractivity contribution is -0.144. The van der Waals surface area contributed by atoms with E-state index in [1.165, 1.54) is 7.11 Å². The minimum Gasteiger partial charge on any atom is -0.493 e. The van der Waals surface area contributed by atoms with Gasteiger partial charge >= 0.3 is 23.9 Å². The minimum atomic E-state index is -0.666. The molecule has 1 N–H and O–H groups in total. The number of esters is 4. The fourth-order valence-electron chi connectivity index (χ4n) is 3.61. The normalized spacial score (nSPS) is 10.3. The zero-order valence-corrected chi connectivity index (χ0v) is 24.8. The van der Waals surface area contributed by atoms with Gasteiger partial charge in [-0.2, -0.15) is 0 Å². The van der Waals surface area contributed by atoms with Crippen LogP contribution in [0.15, 0.2) is 97.1 Å². The van der Waals surface area contributed by atoms with Crippen molar-refractivity contribution in [2.45, 2.75) is 12.8 Å². The third kappa shape index (κ3) is 11.3. The van der Waals surface area contributed by atoms with Crippen LogP contribution in [0.4, 0.5) is 0 Å². The topological polar surface area (TPSA) is 144 Å². The van der Waals surface area contributed by atoms with E-state index in [-0.39, 0.29) is 44.0 Å². The van der Waals surface area contributed by atoms with Gasteiger partial charge in [0.25, 0.3) is 0 Å². The molecular formula is C34H34O11. The van der Waals surface area contributed by atoms with Crippen molar-refractivity contribution >= 4 is 23.9 Å². The standard InChI is InChI=1S/C34H34O11/c1-23(21-31(36)40-3)32(37)43-18-4-17-41-28-13-9-27(10-14-28)34(39)45-30-15-7-26(8-16-30)25-5-11-29(12-6-25)42-19-20-44-33(38)24(2)22-35/h5-16,35H,1-2,4,17-22H2,3H3. The molecule has 0 atom stereocenters. The molecule has 3 aromatic rings. The second-order valence-electron chi connectivity index (χ2n) is 9.40. The highest BCUT2D eigenvalue weighted by molar-refractivity contribution is 5.93. The molecule has 0 spiro atoms. The molecule has 3 rings (SSSR count). The van der Waals surface area contributed by atoms with Gasteiger partial charge in [0.1, 0.15) is 30.5 Å². The van der Waals surface area contributed by atoms with Crippen molar-refractivity contribution in [3.8, 4) is 28.4 Å². The molecule has 3 aromatic carbocycles. The van der Waals surface area contributed by atoms with Gasteiger partial charge < -0.3 is 33.5 Å². The van der Waals surface area contributed by atoms with E-state index in [9.17, 15) is 19.2 Å². The van der Waals surface area contributed by atoms with E-state index in [0.29, 0.717) is 29.2 Å². The van der Waals surface area contributed by atoms with E-state index >= 15 is 0 Å². The molecule has 0 bridgehead atoms. The number of ether oxygens (including phenoxy) is 6. The zero-order chi connectivity index (χ0) is 32.6. The first-order valence-electron chi connectivity index (χ1n) is 13.9. The number of carbonyl (C=O) groups excluding carboxylic acids is 4. The maximum atomic E-state index is 12.6. The Morgan fingerprint density at radius 2 is 1.16 bits per heavy atom. The summed E-state index contributed by atoms with van der Waals surface area (Å²) in [5.74, 6) is -0.919. The molecule has 0 amide bonds. The monoisotopic (exact) mass is 618 g/mol. The Hall–Kier alpha value is -5.42. The number of carbonyl (C=O) groups is 4. The Balaban J connectivity index is 1.39. The van der Waals surface area contributed by atoms with E-state index < -0.39 is 30.5 Å². The van der Waals surface area contributed by atoms with Crippen LogP contribution in [-0.2, 0) is 28.6 Å². The summed E-state index contributed by atoms with van der Waals surface area (Å²) < 4.78 is 31.1. The molecule has 45 heavy (non-hydrogen) atoms. The molecule has 236 valence electrons. The van der Waals surface area contributed by atoms with Crippen molar-refractivity contribution in [2.24, 2.45) is 0 Å². The third-order valence-electron chi connectivity index (χ3n) is 6.07. The summed E-state index contributed by atoms with van der Waals surface area (Å²) in [5, 5.41) is 8.87. The number of benzene rings is 3. The second kappa shape index (κ2) is 17.6. The zero-order valence-electron chi connectivity index (χ0n) is 24.8. The first-order chi connectivity index (χ1) is 21.7. The van der Waals surface area contributed by atoms with E-state index in [1.807, 2.05) is 24.3 Å². The highest BCUT2D eigenvalue weighted by atomic mass is 16.6. The first-order valence-corrected chi connectivity index (χ1v) is 13.9. The summed E-state index contributed by atoms with van der Waals surface area (Å²) in [6, 6.07) is 20.8. The molecule has 0 fully saturated rings. The largest absolute Gasteiger partial charge is 0.493 e. The number of hydrogen-bond acceptors (Lipinski definition) is 11. The molecule has 0 saturated carbocycles. The SMILES string of the molecule is C=C(CO)C(=O)OCCOc1ccc(-c2ccc(OC(=O)c3ccc(OCCCOC(=O)C(=C)CC(=O)OC)cc3)cc2)cc1. The Morgan fingerprint density at radius 1 is 0.644 bits per heavy atom. The van der Waals surface area contributed by atoms with Crippen LogP contribution in [0, 0.1) is 0 Å². The number of aliphatic hydroxyl groups is 1. The van der Waals surface area contributed by atoms with Crippen LogP contribution in [0.3, 0.4) is 0 Å². The minimum absolute atomic E-state index is 0.0153. The van der Waals surface area contributed by atoms with Crippen molar-refractivity contribution in [3.63, 3.8) is 0 Å². The Bertz CT molecular complexity index is 1470. The quantitative estimate of drug-likeness (QED) is 0.0752. The fourth-order valence-corrected chi connectivity index (χ4v) is 3.61. The van der Waals surface area contributed by atoms with Crippen molar-refractivity contribution in [3.05, 3.63) is 103 Å². The molecule has 0 aliphatic carbocycles. The lowest BCUT2D eigenvalue weighted by Crippen LogP contribution is -2.14. The lowest BCUT2D eigenvalue weighted by Gasteiger charge is -2.10. The Morgan fingerprint density at radius 3 is 1.73 bits per heavy atom. The highest BCUT2D eigenvalue weighted by Gasteiger charge is 2.14. The predicted octanol–water partition coefficient (Wildman–Crippen LogP) is 4.47. The molecule has 0 heterocycles. The molecule has 11 heteroatoms. The lowest BCUT2D eigenvalue weighted by atomic mass is 10.1. The van der Waals surface area contributed by atoms with E-state index in [4.69, 9.17) is 28.8 Å². The van der Waals surface area contributed by atoms with E-state index in [0.717, 1.165) is 11.1 Å². The van der Waals surface area contributed by atoms with Gasteiger partial charge in [0, 0.05) is 12.0 Å². The van der Waals surface area contributed by atoms with Gasteiger partial charge in [-0.15, -0.1) is 0 Å². The number of hydrogen-bond donors (Lipinski definition) is 1. The third-order valence-corrected chi connectivity index (χ3v) is 6.07. The van der Waals surface area contributed by atoms with Gasteiger partial charge in [-0.1, -0.05) is 37.4 Å². The number of rotatable bonds is 17. The predicted molar refractivity (Wildman–Crippen MR) is 163 cm³/mol. The maximum absolute atomic E-state index is 12.6. The summed E-state index contributed by atoms with van der Waals surface area (Å²) in [6.07, 6.45) is 0.185. The summed E-state index contributed by atoms with van der Waals surface area (Å²) in [7, 11) is 1.22. The van der Waals surface area contributed by atoms with Gasteiger partial charge in [-0.05, 0) is 59.7 Å². The van der Waals surface area contributed by atoms with Gasteiger partial charge in [0.15, 0.2) is 0 Å². The van der Waals surface area contributed by atoms with Crippen molar-refractivity contribution in [2.75, 3.05) is 40.1 Å². The molecule has 0 unspecified atom stereocenters. The van der Waals surface area contributed by atoms with Crippen LogP contribution < -0.4 is 14.2 Å². The first kappa shape index (κ1) is 34.1. The van der Waals surface area contributed by atoms with Crippen LogP contribution in [0.2, 0.25) is 0 Å². The van der Waals surface area contributed by atoms with E-state index in [2.05, 4.69) is 17.9 Å². The molecule has 0 aliphatic rings. The highest BCUT2D eigenvalue weighted by Crippen LogP contribution is 2.25. The van der Waals surface area contributed by atoms with Gasteiger partial charge in [-0.3, -0.25) is 4.79 Å². The Kier molecular flexibility index (Phi) is 13.4. The van der Waals surface area contributed by atoms with Crippen LogP contribution in [0.25, 0.3) is 11.1 Å². The van der Waals surface area contributed by atoms with Crippen molar-refractivity contribution < 1.29 is 52.7 Å². The van der Waals surface area contributed by atoms with Crippen molar-refractivity contribution in [1.29, 1.82) is 0 Å². The summed E-state index contributed by atoms with van der Waals surface area (Å²) >= 11 is 0. The van der Waals surface area contributed by atoms with Gasteiger partial charge in [0.2, 0.25) is 0 Å². The maximum Gasteiger partial charge on any atom is 0.343 e. The van der Waals surface area contributed by atoms with Crippen LogP contribution >= 0.6 is 0 Å². The van der Waals surface area contributed by atoms with Crippen LogP contribution in [0.5, 0.6) is 17.2 Å². The second-order valence-corrected chi connectivity index (χ2v) is 9.40. The molecular weight excluding hydrogens is 584 g/mol. The Labute approximate surface area is 260 Å². The van der Waals surface area contributed by atoms with Crippen LogP contribution in [0.1, 0.15) is 23.2 Å². The van der Waals surface area contributed by atoms with Gasteiger partial charge in [0.05, 0.1) is 44.5 Å². The molecule has 0 aromatic heterocycles. The number of methoxy groups -OCH3 is 1. The smallest absolute Gasteiger partial charge is 0.343 e. The fraction of sp³-hybridized carbons (Fsp3) is 0.235. The average Bonchev–Trinajstić information content (AvgIpc) is 3.06.